The molecular formula is C7H7ClN4O. The predicted molar refractivity (Wildman–Crippen MR) is 49.4 cm³/mol. The molecule has 13 heavy (non-hydrogen) atoms. The minimum absolute atomic E-state index is 0.316. The van der Waals surface area contributed by atoms with Crippen molar-refractivity contribution < 1.29 is 4.52 Å². The van der Waals surface area contributed by atoms with Crippen LogP contribution in [0, 0.1) is 6.92 Å². The second-order valence-electron chi connectivity index (χ2n) is 2.58. The molecular weight excluding hydrogens is 192 g/mol. The van der Waals surface area contributed by atoms with Crippen molar-refractivity contribution in [3.05, 3.63) is 16.9 Å². The standard InChI is InChI=1S/C7H7ClN4O/c1-3-6-4(13-12-3)2-5(8)10-7(6)11-9/h2H,9H2,1H3,(H,10,11). The molecule has 0 aromatic carbocycles. The van der Waals surface area contributed by atoms with Gasteiger partial charge in [-0.2, -0.15) is 0 Å². The number of fused-ring (bicyclic) bond motifs is 1. The number of anilines is 1. The SMILES string of the molecule is Cc1noc2cc(Cl)nc(NN)c12. The molecule has 0 fully saturated rings. The number of pyridine rings is 1. The lowest BCUT2D eigenvalue weighted by Gasteiger charge is -1.99. The third kappa shape index (κ3) is 1.22. The zero-order valence-electron chi connectivity index (χ0n) is 6.84. The van der Waals surface area contributed by atoms with Crippen LogP contribution in [0.25, 0.3) is 11.0 Å². The number of halogens is 1. The van der Waals surface area contributed by atoms with Crippen molar-refractivity contribution in [1.29, 1.82) is 0 Å². The Morgan fingerprint density at radius 1 is 1.62 bits per heavy atom. The van der Waals surface area contributed by atoms with Crippen LogP contribution in [-0.2, 0) is 0 Å². The van der Waals surface area contributed by atoms with Gasteiger partial charge in [-0.3, -0.25) is 0 Å². The van der Waals surface area contributed by atoms with E-state index in [-0.39, 0.29) is 0 Å². The first-order valence-corrected chi connectivity index (χ1v) is 3.99. The maximum Gasteiger partial charge on any atom is 0.173 e. The summed E-state index contributed by atoms with van der Waals surface area (Å²) in [5, 5.41) is 4.85. The monoisotopic (exact) mass is 198 g/mol. The topological polar surface area (TPSA) is 77.0 Å². The summed E-state index contributed by atoms with van der Waals surface area (Å²) >= 11 is 5.72. The van der Waals surface area contributed by atoms with Crippen LogP contribution < -0.4 is 11.3 Å². The van der Waals surface area contributed by atoms with E-state index < -0.39 is 0 Å². The van der Waals surface area contributed by atoms with E-state index in [1.807, 2.05) is 6.92 Å². The summed E-state index contributed by atoms with van der Waals surface area (Å²) in [5.41, 5.74) is 3.75. The highest BCUT2D eigenvalue weighted by Crippen LogP contribution is 2.26. The lowest BCUT2D eigenvalue weighted by atomic mass is 10.2. The molecule has 2 aromatic rings. The maximum atomic E-state index is 5.72. The largest absolute Gasteiger partial charge is 0.356 e. The van der Waals surface area contributed by atoms with Crippen molar-refractivity contribution in [2.75, 3.05) is 5.43 Å². The molecule has 0 saturated heterocycles. The van der Waals surface area contributed by atoms with Crippen LogP contribution in [-0.4, -0.2) is 10.1 Å². The summed E-state index contributed by atoms with van der Waals surface area (Å²) in [6.45, 7) is 1.81. The third-order valence-electron chi connectivity index (χ3n) is 1.73. The smallest absolute Gasteiger partial charge is 0.173 e. The summed E-state index contributed by atoms with van der Waals surface area (Å²) in [7, 11) is 0. The summed E-state index contributed by atoms with van der Waals surface area (Å²) in [6, 6.07) is 1.59. The third-order valence-corrected chi connectivity index (χ3v) is 1.93. The zero-order valence-corrected chi connectivity index (χ0v) is 7.59. The van der Waals surface area contributed by atoms with Crippen LogP contribution in [0.4, 0.5) is 5.82 Å². The molecule has 0 atom stereocenters. The Morgan fingerprint density at radius 3 is 3.08 bits per heavy atom. The number of hydrogen-bond acceptors (Lipinski definition) is 5. The van der Waals surface area contributed by atoms with Gasteiger partial charge in [-0.15, -0.1) is 0 Å². The van der Waals surface area contributed by atoms with Crippen molar-refractivity contribution in [2.24, 2.45) is 5.84 Å². The van der Waals surface area contributed by atoms with Crippen molar-refractivity contribution in [1.82, 2.24) is 10.1 Å². The number of aryl methyl sites for hydroxylation is 1. The fraction of sp³-hybridized carbons (Fsp3) is 0.143. The Kier molecular flexibility index (Phi) is 1.82. The molecule has 68 valence electrons. The van der Waals surface area contributed by atoms with E-state index in [9.17, 15) is 0 Å². The summed E-state index contributed by atoms with van der Waals surface area (Å²) in [6.07, 6.45) is 0. The van der Waals surface area contributed by atoms with Crippen LogP contribution in [0.3, 0.4) is 0 Å². The van der Waals surface area contributed by atoms with Crippen molar-refractivity contribution in [3.8, 4) is 0 Å². The lowest BCUT2D eigenvalue weighted by Crippen LogP contribution is -2.09. The molecule has 0 aliphatic carbocycles. The maximum absolute atomic E-state index is 5.72. The van der Waals surface area contributed by atoms with Crippen LogP contribution in [0.2, 0.25) is 5.15 Å². The van der Waals surface area contributed by atoms with E-state index >= 15 is 0 Å². The normalized spacial score (nSPS) is 10.7. The van der Waals surface area contributed by atoms with Crippen molar-refractivity contribution in [2.45, 2.75) is 6.92 Å². The second kappa shape index (κ2) is 2.86. The second-order valence-corrected chi connectivity index (χ2v) is 2.97. The van der Waals surface area contributed by atoms with Gasteiger partial charge in [-0.1, -0.05) is 16.8 Å². The fourth-order valence-corrected chi connectivity index (χ4v) is 1.37. The quantitative estimate of drug-likeness (QED) is 0.412. The number of hydrazine groups is 1. The van der Waals surface area contributed by atoms with Crippen molar-refractivity contribution in [3.63, 3.8) is 0 Å². The predicted octanol–water partition coefficient (Wildman–Crippen LogP) is 1.47. The Morgan fingerprint density at radius 2 is 2.38 bits per heavy atom. The van der Waals surface area contributed by atoms with Crippen LogP contribution in [0.5, 0.6) is 0 Å². The highest BCUT2D eigenvalue weighted by atomic mass is 35.5. The molecule has 3 N–H and O–H groups in total. The Balaban J connectivity index is 2.85. The number of nitrogens with zero attached hydrogens (tertiary/aromatic N) is 2. The first-order valence-electron chi connectivity index (χ1n) is 3.61. The summed E-state index contributed by atoms with van der Waals surface area (Å²) in [4.78, 5) is 3.98. The molecule has 5 nitrogen and oxygen atoms in total. The molecule has 0 amide bonds. The highest BCUT2D eigenvalue weighted by Gasteiger charge is 2.11. The van der Waals surface area contributed by atoms with Gasteiger partial charge in [-0.25, -0.2) is 10.8 Å². The van der Waals surface area contributed by atoms with E-state index in [2.05, 4.69) is 15.6 Å². The van der Waals surface area contributed by atoms with E-state index in [1.54, 1.807) is 6.07 Å². The zero-order chi connectivity index (χ0) is 9.42. The first-order chi connectivity index (χ1) is 6.22. The van der Waals surface area contributed by atoms with Gasteiger partial charge in [0.1, 0.15) is 5.15 Å². The number of hydrogen-bond donors (Lipinski definition) is 2. The average Bonchev–Trinajstić information content (AvgIpc) is 2.46. The van der Waals surface area contributed by atoms with E-state index in [0.717, 1.165) is 11.1 Å². The van der Waals surface area contributed by atoms with Gasteiger partial charge in [0.25, 0.3) is 0 Å². The molecule has 0 radical (unpaired) electrons. The molecule has 2 heterocycles. The van der Waals surface area contributed by atoms with Crippen molar-refractivity contribution >= 4 is 28.4 Å². The van der Waals surface area contributed by atoms with Crippen LogP contribution >= 0.6 is 11.6 Å². The van der Waals surface area contributed by atoms with Gasteiger partial charge < -0.3 is 9.95 Å². The Hall–Kier alpha value is -1.33. The van der Waals surface area contributed by atoms with E-state index in [1.165, 1.54) is 0 Å². The van der Waals surface area contributed by atoms with Gasteiger partial charge in [0.05, 0.1) is 11.1 Å². The van der Waals surface area contributed by atoms with Gasteiger partial charge in [-0.05, 0) is 6.92 Å². The van der Waals surface area contributed by atoms with Gasteiger partial charge in [0.15, 0.2) is 11.4 Å². The fourth-order valence-electron chi connectivity index (χ4n) is 1.18. The number of aromatic nitrogens is 2. The van der Waals surface area contributed by atoms with Gasteiger partial charge in [0, 0.05) is 6.07 Å². The molecule has 0 bridgehead atoms. The molecule has 0 saturated carbocycles. The average molecular weight is 199 g/mol. The molecule has 0 aliphatic heterocycles. The van der Waals surface area contributed by atoms with Gasteiger partial charge in [0.2, 0.25) is 0 Å². The first kappa shape index (κ1) is 8.28. The van der Waals surface area contributed by atoms with E-state index in [0.29, 0.717) is 16.6 Å². The molecule has 6 heteroatoms. The molecule has 0 aliphatic rings. The number of rotatable bonds is 1. The van der Waals surface area contributed by atoms with E-state index in [4.69, 9.17) is 22.0 Å². The number of nitrogen functional groups attached to an aromatic ring is 1. The van der Waals surface area contributed by atoms with Gasteiger partial charge >= 0.3 is 0 Å². The highest BCUT2D eigenvalue weighted by molar-refractivity contribution is 6.30. The minimum atomic E-state index is 0.316. The molecule has 0 spiro atoms. The van der Waals surface area contributed by atoms with Crippen LogP contribution in [0.15, 0.2) is 10.6 Å². The lowest BCUT2D eigenvalue weighted by molar-refractivity contribution is 0.450. The number of nitrogens with one attached hydrogen (secondary N) is 1. The van der Waals surface area contributed by atoms with Crippen LogP contribution in [0.1, 0.15) is 5.69 Å². The Labute approximate surface area is 78.8 Å². The minimum Gasteiger partial charge on any atom is -0.356 e. The number of nitrogens with two attached hydrogens (primary N) is 1. The summed E-state index contributed by atoms with van der Waals surface area (Å²) in [5.74, 6) is 5.75. The molecule has 2 aromatic heterocycles. The molecule has 0 unspecified atom stereocenters. The molecule has 2 rings (SSSR count). The summed E-state index contributed by atoms with van der Waals surface area (Å²) < 4.78 is 5.00. The Bertz CT molecular complexity index is 453.